The number of ether oxygens (including phenoxy) is 1. The van der Waals surface area contributed by atoms with Crippen LogP contribution >= 0.6 is 11.8 Å². The maximum absolute atomic E-state index is 13.2. The molecule has 1 heterocycles. The number of nitrogens with zero attached hydrogens (tertiary/aromatic N) is 2. The van der Waals surface area contributed by atoms with E-state index in [1.54, 1.807) is 23.4 Å². The number of rotatable bonds is 7. The van der Waals surface area contributed by atoms with Crippen molar-refractivity contribution in [1.82, 2.24) is 9.55 Å². The van der Waals surface area contributed by atoms with Gasteiger partial charge in [0.2, 0.25) is 0 Å². The molecule has 0 aliphatic heterocycles. The second-order valence-electron chi connectivity index (χ2n) is 6.89. The number of thioether (sulfide) groups is 1. The van der Waals surface area contributed by atoms with Crippen molar-refractivity contribution in [1.29, 1.82) is 0 Å². The van der Waals surface area contributed by atoms with E-state index in [0.29, 0.717) is 17.1 Å². The quantitative estimate of drug-likeness (QED) is 0.300. The van der Waals surface area contributed by atoms with Gasteiger partial charge < -0.3 is 4.74 Å². The van der Waals surface area contributed by atoms with Gasteiger partial charge in [0.05, 0.1) is 24.6 Å². The van der Waals surface area contributed by atoms with Gasteiger partial charge in [-0.05, 0) is 41.0 Å². The van der Waals surface area contributed by atoms with E-state index >= 15 is 0 Å². The fraction of sp³-hybridized carbons (Fsp3) is 0.120. The molecule has 0 unspecified atom stereocenters. The van der Waals surface area contributed by atoms with Crippen LogP contribution in [0.4, 0.5) is 0 Å². The maximum atomic E-state index is 13.2. The number of hydrogen-bond donors (Lipinski definition) is 0. The van der Waals surface area contributed by atoms with E-state index in [2.05, 4.69) is 18.7 Å². The fourth-order valence-corrected chi connectivity index (χ4v) is 4.16. The number of aromatic nitrogens is 2. The van der Waals surface area contributed by atoms with Crippen LogP contribution in [0.15, 0.2) is 89.3 Å². The summed E-state index contributed by atoms with van der Waals surface area (Å²) in [6.07, 6.45) is 1.83. The Kier molecular flexibility index (Phi) is 6.00. The molecule has 4 nitrogen and oxygen atoms in total. The summed E-state index contributed by atoms with van der Waals surface area (Å²) in [6, 6.07) is 23.5. The fourth-order valence-electron chi connectivity index (χ4n) is 3.21. The molecule has 150 valence electrons. The predicted molar refractivity (Wildman–Crippen MR) is 124 cm³/mol. The first-order valence-corrected chi connectivity index (χ1v) is 10.6. The zero-order chi connectivity index (χ0) is 20.9. The molecule has 1 aromatic heterocycles. The van der Waals surface area contributed by atoms with Gasteiger partial charge in [0.15, 0.2) is 5.16 Å². The molecule has 5 heteroatoms. The highest BCUT2D eigenvalue weighted by atomic mass is 32.2. The van der Waals surface area contributed by atoms with Crippen LogP contribution in [0.3, 0.4) is 0 Å². The predicted octanol–water partition coefficient (Wildman–Crippen LogP) is 5.39. The highest BCUT2D eigenvalue weighted by Crippen LogP contribution is 2.23. The topological polar surface area (TPSA) is 44.1 Å². The van der Waals surface area contributed by atoms with Crippen LogP contribution in [0.5, 0.6) is 5.75 Å². The summed E-state index contributed by atoms with van der Waals surface area (Å²) in [7, 11) is 1.64. The highest BCUT2D eigenvalue weighted by molar-refractivity contribution is 7.98. The molecule has 0 aliphatic carbocycles. The van der Waals surface area contributed by atoms with Gasteiger partial charge in [-0.25, -0.2) is 4.98 Å². The van der Waals surface area contributed by atoms with Crippen LogP contribution in [0.1, 0.15) is 16.7 Å². The monoisotopic (exact) mass is 414 g/mol. The van der Waals surface area contributed by atoms with Crippen molar-refractivity contribution in [3.8, 4) is 5.75 Å². The van der Waals surface area contributed by atoms with Crippen molar-refractivity contribution < 1.29 is 4.74 Å². The minimum absolute atomic E-state index is 0.0269. The zero-order valence-corrected chi connectivity index (χ0v) is 17.6. The second kappa shape index (κ2) is 9.01. The van der Waals surface area contributed by atoms with Gasteiger partial charge >= 0.3 is 0 Å². The molecule has 0 saturated carbocycles. The summed E-state index contributed by atoms with van der Waals surface area (Å²) < 4.78 is 6.99. The van der Waals surface area contributed by atoms with E-state index in [-0.39, 0.29) is 5.56 Å². The number of para-hydroxylation sites is 1. The van der Waals surface area contributed by atoms with E-state index in [1.807, 2.05) is 66.7 Å². The molecule has 0 radical (unpaired) electrons. The van der Waals surface area contributed by atoms with Crippen LogP contribution in [0.25, 0.3) is 17.0 Å². The first-order valence-electron chi connectivity index (χ1n) is 9.64. The molecule has 0 N–H and O–H groups in total. The standard InChI is InChI=1S/C25H22N2O2S/c1-3-18-8-10-20(11-9-18)17-30-25-26-23-7-5-4-6-22(23)24(28)27(25)16-19-12-14-21(29-2)15-13-19/h3-15H,1,16-17H2,2H3. The van der Waals surface area contributed by atoms with Gasteiger partial charge in [0, 0.05) is 5.75 Å². The van der Waals surface area contributed by atoms with Crippen LogP contribution in [0, 0.1) is 0 Å². The molecule has 0 saturated heterocycles. The lowest BCUT2D eigenvalue weighted by Crippen LogP contribution is -2.24. The minimum atomic E-state index is -0.0269. The molecule has 0 aliphatic rings. The first kappa shape index (κ1) is 20.0. The lowest BCUT2D eigenvalue weighted by Gasteiger charge is -2.14. The Labute approximate surface area is 179 Å². The number of fused-ring (bicyclic) bond motifs is 1. The molecule has 0 amide bonds. The van der Waals surface area contributed by atoms with Crippen molar-refractivity contribution in [2.24, 2.45) is 0 Å². The Hall–Kier alpha value is -3.31. The third-order valence-electron chi connectivity index (χ3n) is 4.91. The maximum Gasteiger partial charge on any atom is 0.262 e. The molecule has 0 fully saturated rings. The van der Waals surface area contributed by atoms with Gasteiger partial charge in [-0.1, -0.05) is 72.9 Å². The summed E-state index contributed by atoms with van der Waals surface area (Å²) in [6.45, 7) is 4.25. The van der Waals surface area contributed by atoms with Crippen LogP contribution in [-0.2, 0) is 12.3 Å². The van der Waals surface area contributed by atoms with Crippen LogP contribution in [0.2, 0.25) is 0 Å². The van der Waals surface area contributed by atoms with E-state index < -0.39 is 0 Å². The molecule has 30 heavy (non-hydrogen) atoms. The molecular formula is C25H22N2O2S. The van der Waals surface area contributed by atoms with Crippen molar-refractivity contribution in [3.63, 3.8) is 0 Å². The largest absolute Gasteiger partial charge is 0.497 e. The molecule has 4 aromatic rings. The van der Waals surface area contributed by atoms with E-state index in [1.165, 1.54) is 5.56 Å². The van der Waals surface area contributed by atoms with Gasteiger partial charge in [-0.3, -0.25) is 9.36 Å². The Morgan fingerprint density at radius 2 is 1.70 bits per heavy atom. The lowest BCUT2D eigenvalue weighted by molar-refractivity contribution is 0.414. The highest BCUT2D eigenvalue weighted by Gasteiger charge is 2.12. The molecular weight excluding hydrogens is 392 g/mol. The van der Waals surface area contributed by atoms with Crippen molar-refractivity contribution in [2.75, 3.05) is 7.11 Å². The SMILES string of the molecule is C=Cc1ccc(CSc2nc3ccccc3c(=O)n2Cc2ccc(OC)cc2)cc1. The zero-order valence-electron chi connectivity index (χ0n) is 16.7. The number of benzene rings is 3. The molecule has 0 atom stereocenters. The average molecular weight is 415 g/mol. The first-order chi connectivity index (χ1) is 14.7. The third-order valence-corrected chi connectivity index (χ3v) is 5.96. The van der Waals surface area contributed by atoms with Crippen LogP contribution < -0.4 is 10.3 Å². The molecule has 4 rings (SSSR count). The Morgan fingerprint density at radius 1 is 1.00 bits per heavy atom. The number of methoxy groups -OCH3 is 1. The third kappa shape index (κ3) is 4.31. The normalized spacial score (nSPS) is 10.8. The van der Waals surface area contributed by atoms with E-state index in [0.717, 1.165) is 28.1 Å². The second-order valence-corrected chi connectivity index (χ2v) is 7.83. The summed E-state index contributed by atoms with van der Waals surface area (Å²) in [5.41, 5.74) is 3.97. The smallest absolute Gasteiger partial charge is 0.262 e. The Bertz CT molecular complexity index is 1230. The summed E-state index contributed by atoms with van der Waals surface area (Å²) >= 11 is 1.57. The van der Waals surface area contributed by atoms with Crippen LogP contribution in [-0.4, -0.2) is 16.7 Å². The van der Waals surface area contributed by atoms with E-state index in [4.69, 9.17) is 9.72 Å². The van der Waals surface area contributed by atoms with Crippen molar-refractivity contribution >= 4 is 28.7 Å². The molecule has 0 bridgehead atoms. The van der Waals surface area contributed by atoms with Crippen molar-refractivity contribution in [2.45, 2.75) is 17.5 Å². The Morgan fingerprint density at radius 3 is 2.40 bits per heavy atom. The number of hydrogen-bond acceptors (Lipinski definition) is 4. The minimum Gasteiger partial charge on any atom is -0.497 e. The van der Waals surface area contributed by atoms with Gasteiger partial charge in [-0.2, -0.15) is 0 Å². The summed E-state index contributed by atoms with van der Waals surface area (Å²) in [4.78, 5) is 18.0. The van der Waals surface area contributed by atoms with Gasteiger partial charge in [0.25, 0.3) is 5.56 Å². The summed E-state index contributed by atoms with van der Waals surface area (Å²) in [5.74, 6) is 1.52. The average Bonchev–Trinajstić information content (AvgIpc) is 2.80. The van der Waals surface area contributed by atoms with E-state index in [9.17, 15) is 4.79 Å². The van der Waals surface area contributed by atoms with Gasteiger partial charge in [0.1, 0.15) is 5.75 Å². The lowest BCUT2D eigenvalue weighted by atomic mass is 10.1. The molecule has 0 spiro atoms. The van der Waals surface area contributed by atoms with Crippen molar-refractivity contribution in [3.05, 3.63) is 106 Å². The Balaban J connectivity index is 1.69. The molecule has 3 aromatic carbocycles. The van der Waals surface area contributed by atoms with Gasteiger partial charge in [-0.15, -0.1) is 0 Å². The summed E-state index contributed by atoms with van der Waals surface area (Å²) in [5, 5.41) is 1.34.